The van der Waals surface area contributed by atoms with E-state index in [4.69, 9.17) is 18.9 Å². The van der Waals surface area contributed by atoms with Gasteiger partial charge in [0.15, 0.2) is 28.8 Å². The lowest BCUT2D eigenvalue weighted by Crippen LogP contribution is -1.96. The molecular formula is C23H24O5. The molecule has 28 heavy (non-hydrogen) atoms. The Morgan fingerprint density at radius 2 is 1.04 bits per heavy atom. The molecule has 0 aromatic heterocycles. The highest BCUT2D eigenvalue weighted by atomic mass is 16.5. The van der Waals surface area contributed by atoms with Crippen molar-refractivity contribution in [3.8, 4) is 23.0 Å². The van der Waals surface area contributed by atoms with Gasteiger partial charge in [0.1, 0.15) is 0 Å². The minimum Gasteiger partial charge on any atom is -0.493 e. The zero-order valence-electron chi connectivity index (χ0n) is 16.6. The average molecular weight is 380 g/mol. The minimum absolute atomic E-state index is 0.0737. The van der Waals surface area contributed by atoms with Crippen molar-refractivity contribution in [2.24, 2.45) is 0 Å². The first-order valence-electron chi connectivity index (χ1n) is 8.99. The fraction of sp³-hybridized carbons (Fsp3) is 0.261. The second kappa shape index (κ2) is 8.65. The normalized spacial score (nSPS) is 16.5. The molecule has 1 aliphatic rings. The number of carbonyl (C=O) groups excluding carboxylic acids is 1. The summed E-state index contributed by atoms with van der Waals surface area (Å²) in [4.78, 5) is 12.8. The Morgan fingerprint density at radius 1 is 0.643 bits per heavy atom. The van der Waals surface area contributed by atoms with Crippen LogP contribution in [0, 0.1) is 0 Å². The van der Waals surface area contributed by atoms with E-state index in [1.165, 1.54) is 0 Å². The maximum absolute atomic E-state index is 12.8. The molecule has 0 heterocycles. The minimum atomic E-state index is 0.0737. The quantitative estimate of drug-likeness (QED) is 0.688. The number of carbonyl (C=O) groups is 1. The molecule has 146 valence electrons. The third kappa shape index (κ3) is 4.03. The number of hydrogen-bond acceptors (Lipinski definition) is 5. The summed E-state index contributed by atoms with van der Waals surface area (Å²) < 4.78 is 21.2. The number of methoxy groups -OCH3 is 4. The van der Waals surface area contributed by atoms with Gasteiger partial charge < -0.3 is 18.9 Å². The van der Waals surface area contributed by atoms with Crippen molar-refractivity contribution in [1.82, 2.24) is 0 Å². The molecule has 5 heteroatoms. The summed E-state index contributed by atoms with van der Waals surface area (Å²) in [5, 5.41) is 0. The van der Waals surface area contributed by atoms with Gasteiger partial charge in [0, 0.05) is 11.1 Å². The SMILES string of the molecule is COc1ccc(C=C2CC/C(=C\c3ccc(OC)c(OC)c3)C2=O)cc1OC. The maximum Gasteiger partial charge on any atom is 0.185 e. The summed E-state index contributed by atoms with van der Waals surface area (Å²) in [7, 11) is 6.39. The first kappa shape index (κ1) is 19.5. The highest BCUT2D eigenvalue weighted by Crippen LogP contribution is 2.34. The molecule has 1 fully saturated rings. The van der Waals surface area contributed by atoms with Crippen LogP contribution in [-0.2, 0) is 4.79 Å². The summed E-state index contributed by atoms with van der Waals surface area (Å²) in [5.74, 6) is 2.68. The van der Waals surface area contributed by atoms with E-state index in [2.05, 4.69) is 0 Å². The summed E-state index contributed by atoms with van der Waals surface area (Å²) in [6.07, 6.45) is 5.26. The molecule has 0 atom stereocenters. The molecule has 2 aromatic rings. The number of allylic oxidation sites excluding steroid dienone is 2. The molecule has 5 nitrogen and oxygen atoms in total. The Balaban J connectivity index is 1.85. The van der Waals surface area contributed by atoms with E-state index in [0.29, 0.717) is 35.8 Å². The third-order valence-corrected chi connectivity index (χ3v) is 4.74. The van der Waals surface area contributed by atoms with Gasteiger partial charge in [0.2, 0.25) is 0 Å². The topological polar surface area (TPSA) is 54.0 Å². The van der Waals surface area contributed by atoms with Crippen molar-refractivity contribution in [3.63, 3.8) is 0 Å². The molecule has 0 aliphatic heterocycles. The van der Waals surface area contributed by atoms with E-state index in [1.54, 1.807) is 28.4 Å². The van der Waals surface area contributed by atoms with Crippen LogP contribution < -0.4 is 18.9 Å². The van der Waals surface area contributed by atoms with E-state index in [-0.39, 0.29) is 5.78 Å². The molecule has 0 unspecified atom stereocenters. The van der Waals surface area contributed by atoms with Crippen molar-refractivity contribution in [1.29, 1.82) is 0 Å². The van der Waals surface area contributed by atoms with Gasteiger partial charge in [0.05, 0.1) is 28.4 Å². The monoisotopic (exact) mass is 380 g/mol. The lowest BCUT2D eigenvalue weighted by Gasteiger charge is -2.08. The van der Waals surface area contributed by atoms with E-state index in [9.17, 15) is 4.79 Å². The Hall–Kier alpha value is -3.21. The Labute approximate surface area is 165 Å². The zero-order chi connectivity index (χ0) is 20.1. The van der Waals surface area contributed by atoms with E-state index in [1.807, 2.05) is 48.6 Å². The Bertz CT molecular complexity index is 865. The molecule has 2 aromatic carbocycles. The fourth-order valence-corrected chi connectivity index (χ4v) is 3.27. The second-order valence-corrected chi connectivity index (χ2v) is 6.40. The zero-order valence-corrected chi connectivity index (χ0v) is 16.6. The fourth-order valence-electron chi connectivity index (χ4n) is 3.27. The molecule has 0 spiro atoms. The van der Waals surface area contributed by atoms with Gasteiger partial charge in [-0.05, 0) is 60.4 Å². The number of Topliss-reactive ketones (excluding diaryl/α,β-unsaturated/α-hetero) is 1. The Kier molecular flexibility index (Phi) is 6.04. The van der Waals surface area contributed by atoms with Gasteiger partial charge in [-0.15, -0.1) is 0 Å². The Morgan fingerprint density at radius 3 is 1.39 bits per heavy atom. The van der Waals surface area contributed by atoms with Gasteiger partial charge in [-0.3, -0.25) is 4.79 Å². The maximum atomic E-state index is 12.8. The highest BCUT2D eigenvalue weighted by Gasteiger charge is 2.23. The van der Waals surface area contributed by atoms with Crippen LogP contribution in [0.2, 0.25) is 0 Å². The molecule has 1 aliphatic carbocycles. The van der Waals surface area contributed by atoms with E-state index >= 15 is 0 Å². The summed E-state index contributed by atoms with van der Waals surface area (Å²) in [6, 6.07) is 11.2. The molecule has 3 rings (SSSR count). The lowest BCUT2D eigenvalue weighted by molar-refractivity contribution is -0.111. The summed E-state index contributed by atoms with van der Waals surface area (Å²) >= 11 is 0. The van der Waals surface area contributed by atoms with Crippen molar-refractivity contribution in [2.45, 2.75) is 12.8 Å². The number of ketones is 1. The molecule has 0 bridgehead atoms. The van der Waals surface area contributed by atoms with Crippen molar-refractivity contribution in [3.05, 3.63) is 58.7 Å². The van der Waals surface area contributed by atoms with Crippen LogP contribution in [0.5, 0.6) is 23.0 Å². The molecule has 0 saturated heterocycles. The van der Waals surface area contributed by atoms with Crippen LogP contribution in [0.25, 0.3) is 12.2 Å². The van der Waals surface area contributed by atoms with Gasteiger partial charge in [-0.1, -0.05) is 12.1 Å². The number of rotatable bonds is 6. The molecular weight excluding hydrogens is 356 g/mol. The van der Waals surface area contributed by atoms with E-state index in [0.717, 1.165) is 22.3 Å². The van der Waals surface area contributed by atoms with Crippen LogP contribution in [-0.4, -0.2) is 34.2 Å². The van der Waals surface area contributed by atoms with Gasteiger partial charge in [-0.25, -0.2) is 0 Å². The van der Waals surface area contributed by atoms with Gasteiger partial charge >= 0.3 is 0 Å². The van der Waals surface area contributed by atoms with Crippen LogP contribution in [0.3, 0.4) is 0 Å². The smallest absolute Gasteiger partial charge is 0.185 e. The second-order valence-electron chi connectivity index (χ2n) is 6.40. The van der Waals surface area contributed by atoms with Gasteiger partial charge in [-0.2, -0.15) is 0 Å². The number of hydrogen-bond donors (Lipinski definition) is 0. The molecule has 0 N–H and O–H groups in total. The largest absolute Gasteiger partial charge is 0.493 e. The predicted octanol–water partition coefficient (Wildman–Crippen LogP) is 4.55. The number of ether oxygens (including phenoxy) is 4. The van der Waals surface area contributed by atoms with Crippen molar-refractivity contribution in [2.75, 3.05) is 28.4 Å². The molecule has 0 amide bonds. The van der Waals surface area contributed by atoms with Crippen molar-refractivity contribution < 1.29 is 23.7 Å². The highest BCUT2D eigenvalue weighted by molar-refractivity contribution is 6.15. The van der Waals surface area contributed by atoms with Crippen LogP contribution >= 0.6 is 0 Å². The summed E-state index contributed by atoms with van der Waals surface area (Å²) in [5.41, 5.74) is 3.40. The average Bonchev–Trinajstić information content (AvgIpc) is 3.07. The van der Waals surface area contributed by atoms with Crippen molar-refractivity contribution >= 4 is 17.9 Å². The van der Waals surface area contributed by atoms with Gasteiger partial charge in [0.25, 0.3) is 0 Å². The molecule has 0 radical (unpaired) electrons. The number of benzene rings is 2. The van der Waals surface area contributed by atoms with Crippen LogP contribution in [0.4, 0.5) is 0 Å². The summed E-state index contributed by atoms with van der Waals surface area (Å²) in [6.45, 7) is 0. The van der Waals surface area contributed by atoms with E-state index < -0.39 is 0 Å². The first-order valence-corrected chi connectivity index (χ1v) is 8.99. The third-order valence-electron chi connectivity index (χ3n) is 4.74. The first-order chi connectivity index (χ1) is 13.6. The standard InChI is InChI=1S/C23H24O5/c1-25-19-9-5-15(13-21(19)27-3)11-17-7-8-18(23(17)24)12-16-6-10-20(26-2)22(14-16)28-4/h5-6,9-14H,7-8H2,1-4H3/b17-11+,18-12?. The van der Waals surface area contributed by atoms with Crippen LogP contribution in [0.15, 0.2) is 47.5 Å². The predicted molar refractivity (Wildman–Crippen MR) is 109 cm³/mol. The molecule has 1 saturated carbocycles. The van der Waals surface area contributed by atoms with Crippen LogP contribution in [0.1, 0.15) is 24.0 Å². The lowest BCUT2D eigenvalue weighted by atomic mass is 10.1.